The van der Waals surface area contributed by atoms with Crippen LogP contribution in [-0.4, -0.2) is 15.2 Å². The standard InChI is InChI=1S/C12H12N4S/c1-8-11(17-7-14-8)6-13-10-4-2-3-9-5-15-16-12(9)10/h2-5,7,13H,6H2,1H3,(H,15,16). The molecule has 4 nitrogen and oxygen atoms in total. The summed E-state index contributed by atoms with van der Waals surface area (Å²) in [6, 6.07) is 6.12. The summed E-state index contributed by atoms with van der Waals surface area (Å²) in [5, 5.41) is 11.6. The number of aromatic amines is 1. The Balaban J connectivity index is 1.86. The monoisotopic (exact) mass is 244 g/mol. The van der Waals surface area contributed by atoms with E-state index in [-0.39, 0.29) is 0 Å². The lowest BCUT2D eigenvalue weighted by Crippen LogP contribution is -1.99. The third-order valence-electron chi connectivity index (χ3n) is 2.76. The number of hydrogen-bond acceptors (Lipinski definition) is 4. The second-order valence-corrected chi connectivity index (χ2v) is 4.79. The number of aromatic nitrogens is 3. The van der Waals surface area contributed by atoms with Crippen LogP contribution in [0.4, 0.5) is 5.69 Å². The lowest BCUT2D eigenvalue weighted by atomic mass is 10.2. The molecule has 0 saturated carbocycles. The first-order valence-electron chi connectivity index (χ1n) is 5.39. The molecule has 17 heavy (non-hydrogen) atoms. The number of aryl methyl sites for hydroxylation is 1. The van der Waals surface area contributed by atoms with Crippen molar-refractivity contribution < 1.29 is 0 Å². The van der Waals surface area contributed by atoms with Gasteiger partial charge in [0.15, 0.2) is 0 Å². The highest BCUT2D eigenvalue weighted by Gasteiger charge is 2.04. The summed E-state index contributed by atoms with van der Waals surface area (Å²) in [6.07, 6.45) is 1.83. The summed E-state index contributed by atoms with van der Waals surface area (Å²) in [4.78, 5) is 5.50. The molecule has 0 bridgehead atoms. The van der Waals surface area contributed by atoms with Crippen molar-refractivity contribution in [2.24, 2.45) is 0 Å². The summed E-state index contributed by atoms with van der Waals surface area (Å²) in [5.74, 6) is 0. The fourth-order valence-corrected chi connectivity index (χ4v) is 2.50. The molecule has 3 rings (SSSR count). The zero-order valence-corrected chi connectivity index (χ0v) is 10.2. The van der Waals surface area contributed by atoms with Gasteiger partial charge in [-0.1, -0.05) is 12.1 Å². The van der Waals surface area contributed by atoms with Crippen LogP contribution in [0, 0.1) is 6.92 Å². The Bertz CT molecular complexity index is 641. The average molecular weight is 244 g/mol. The minimum Gasteiger partial charge on any atom is -0.378 e. The van der Waals surface area contributed by atoms with Gasteiger partial charge in [-0.05, 0) is 13.0 Å². The van der Waals surface area contributed by atoms with Crippen molar-refractivity contribution in [2.75, 3.05) is 5.32 Å². The molecule has 1 aromatic carbocycles. The Morgan fingerprint density at radius 2 is 2.35 bits per heavy atom. The van der Waals surface area contributed by atoms with E-state index in [1.165, 1.54) is 4.88 Å². The molecule has 0 saturated heterocycles. The minimum absolute atomic E-state index is 0.800. The number of H-pyrrole nitrogens is 1. The van der Waals surface area contributed by atoms with Crippen molar-refractivity contribution in [1.82, 2.24) is 15.2 Å². The topological polar surface area (TPSA) is 53.6 Å². The van der Waals surface area contributed by atoms with Gasteiger partial charge in [0, 0.05) is 10.3 Å². The number of nitrogens with zero attached hydrogens (tertiary/aromatic N) is 2. The van der Waals surface area contributed by atoms with Gasteiger partial charge in [-0.15, -0.1) is 11.3 Å². The molecule has 0 fully saturated rings. The van der Waals surface area contributed by atoms with Crippen molar-refractivity contribution in [1.29, 1.82) is 0 Å². The molecule has 0 aliphatic carbocycles. The van der Waals surface area contributed by atoms with Gasteiger partial charge in [0.1, 0.15) is 0 Å². The van der Waals surface area contributed by atoms with Gasteiger partial charge < -0.3 is 5.32 Å². The van der Waals surface area contributed by atoms with E-state index in [0.29, 0.717) is 0 Å². The van der Waals surface area contributed by atoms with E-state index in [1.807, 2.05) is 30.8 Å². The first-order valence-corrected chi connectivity index (χ1v) is 6.27. The molecule has 2 aromatic heterocycles. The van der Waals surface area contributed by atoms with Crippen molar-refractivity contribution >= 4 is 27.9 Å². The number of benzene rings is 1. The third kappa shape index (κ3) is 1.89. The van der Waals surface area contributed by atoms with Crippen LogP contribution in [0.3, 0.4) is 0 Å². The summed E-state index contributed by atoms with van der Waals surface area (Å²) < 4.78 is 0. The van der Waals surface area contributed by atoms with Crippen molar-refractivity contribution in [3.05, 3.63) is 40.5 Å². The summed E-state index contributed by atoms with van der Waals surface area (Å²) in [7, 11) is 0. The maximum atomic E-state index is 4.24. The molecule has 0 spiro atoms. The Labute approximate surface area is 103 Å². The molecule has 86 valence electrons. The Morgan fingerprint density at radius 1 is 1.41 bits per heavy atom. The number of nitrogens with one attached hydrogen (secondary N) is 2. The molecular formula is C12H12N4S. The van der Waals surface area contributed by atoms with Crippen LogP contribution in [0.5, 0.6) is 0 Å². The first kappa shape index (κ1) is 10.3. The van der Waals surface area contributed by atoms with E-state index in [0.717, 1.165) is 28.8 Å². The molecule has 0 atom stereocenters. The molecule has 0 aliphatic heterocycles. The van der Waals surface area contributed by atoms with Gasteiger partial charge >= 0.3 is 0 Å². The fourth-order valence-electron chi connectivity index (χ4n) is 1.79. The third-order valence-corrected chi connectivity index (χ3v) is 3.70. The highest BCUT2D eigenvalue weighted by atomic mass is 32.1. The van der Waals surface area contributed by atoms with Crippen LogP contribution in [0.2, 0.25) is 0 Å². The number of thiazole rings is 1. The first-order chi connectivity index (χ1) is 8.34. The Kier molecular flexibility index (Phi) is 2.53. The summed E-state index contributed by atoms with van der Waals surface area (Å²) in [6.45, 7) is 2.83. The van der Waals surface area contributed by atoms with Crippen LogP contribution in [0.25, 0.3) is 10.9 Å². The van der Waals surface area contributed by atoms with Crippen molar-refractivity contribution in [2.45, 2.75) is 13.5 Å². The molecule has 0 radical (unpaired) electrons. The molecule has 2 N–H and O–H groups in total. The second-order valence-electron chi connectivity index (χ2n) is 3.85. The van der Waals surface area contributed by atoms with Crippen LogP contribution in [-0.2, 0) is 6.54 Å². The van der Waals surface area contributed by atoms with Crippen LogP contribution in [0.15, 0.2) is 29.9 Å². The average Bonchev–Trinajstić information content (AvgIpc) is 2.95. The maximum absolute atomic E-state index is 4.24. The molecule has 0 amide bonds. The number of fused-ring (bicyclic) bond motifs is 1. The quantitative estimate of drug-likeness (QED) is 0.744. The smallest absolute Gasteiger partial charge is 0.0881 e. The van der Waals surface area contributed by atoms with Crippen LogP contribution < -0.4 is 5.32 Å². The predicted molar refractivity (Wildman–Crippen MR) is 70.3 cm³/mol. The van der Waals surface area contributed by atoms with Gasteiger partial charge in [-0.25, -0.2) is 4.98 Å². The van der Waals surface area contributed by atoms with Gasteiger partial charge in [-0.3, -0.25) is 5.10 Å². The summed E-state index contributed by atoms with van der Waals surface area (Å²) >= 11 is 1.68. The minimum atomic E-state index is 0.800. The molecular weight excluding hydrogens is 232 g/mol. The van der Waals surface area contributed by atoms with E-state index in [9.17, 15) is 0 Å². The Hall–Kier alpha value is -1.88. The predicted octanol–water partition coefficient (Wildman–Crippen LogP) is 2.94. The molecule has 0 aliphatic rings. The van der Waals surface area contributed by atoms with E-state index in [1.54, 1.807) is 11.3 Å². The summed E-state index contributed by atoms with van der Waals surface area (Å²) in [5.41, 5.74) is 5.10. The second kappa shape index (κ2) is 4.18. The normalized spacial score (nSPS) is 10.9. The van der Waals surface area contributed by atoms with Gasteiger partial charge in [0.25, 0.3) is 0 Å². The van der Waals surface area contributed by atoms with Crippen molar-refractivity contribution in [3.63, 3.8) is 0 Å². The Morgan fingerprint density at radius 3 is 3.18 bits per heavy atom. The highest BCUT2D eigenvalue weighted by molar-refractivity contribution is 7.09. The van der Waals surface area contributed by atoms with Crippen LogP contribution >= 0.6 is 11.3 Å². The van der Waals surface area contributed by atoms with Gasteiger partial charge in [0.05, 0.1) is 35.2 Å². The number of hydrogen-bond donors (Lipinski definition) is 2. The molecule has 0 unspecified atom stereocenters. The zero-order valence-electron chi connectivity index (χ0n) is 9.40. The van der Waals surface area contributed by atoms with E-state index in [4.69, 9.17) is 0 Å². The maximum Gasteiger partial charge on any atom is 0.0881 e. The van der Waals surface area contributed by atoms with E-state index < -0.39 is 0 Å². The fraction of sp³-hybridized carbons (Fsp3) is 0.167. The lowest BCUT2D eigenvalue weighted by molar-refractivity contribution is 1.10. The number of para-hydroxylation sites is 1. The zero-order chi connectivity index (χ0) is 11.7. The largest absolute Gasteiger partial charge is 0.378 e. The molecule has 3 aromatic rings. The van der Waals surface area contributed by atoms with E-state index in [2.05, 4.69) is 26.6 Å². The van der Waals surface area contributed by atoms with E-state index >= 15 is 0 Å². The number of rotatable bonds is 3. The SMILES string of the molecule is Cc1ncsc1CNc1cccc2cn[nH]c12. The number of anilines is 1. The van der Waals surface area contributed by atoms with Gasteiger partial charge in [0.2, 0.25) is 0 Å². The van der Waals surface area contributed by atoms with Crippen molar-refractivity contribution in [3.8, 4) is 0 Å². The molecule has 5 heteroatoms. The molecule has 2 heterocycles. The van der Waals surface area contributed by atoms with Gasteiger partial charge in [-0.2, -0.15) is 5.10 Å². The lowest BCUT2D eigenvalue weighted by Gasteiger charge is -2.06. The van der Waals surface area contributed by atoms with Crippen LogP contribution in [0.1, 0.15) is 10.6 Å². The highest BCUT2D eigenvalue weighted by Crippen LogP contribution is 2.22.